The van der Waals surface area contributed by atoms with Crippen molar-refractivity contribution >= 4 is 33.8 Å². The van der Waals surface area contributed by atoms with Gasteiger partial charge in [-0.3, -0.25) is 4.79 Å². The molecule has 1 fully saturated rings. The van der Waals surface area contributed by atoms with Crippen molar-refractivity contribution < 1.29 is 22.0 Å². The van der Waals surface area contributed by atoms with Gasteiger partial charge in [-0.15, -0.1) is 12.4 Å². The molecule has 1 amide bonds. The number of alkyl halides is 2. The van der Waals surface area contributed by atoms with E-state index in [4.69, 9.17) is 0 Å². The van der Waals surface area contributed by atoms with E-state index < -0.39 is 20.5 Å². The van der Waals surface area contributed by atoms with Crippen LogP contribution < -0.4 is 10.6 Å². The molecule has 2 N–H and O–H groups in total. The number of rotatable bonds is 6. The molecule has 1 heterocycles. The van der Waals surface area contributed by atoms with Crippen molar-refractivity contribution in [2.75, 3.05) is 18.4 Å². The summed E-state index contributed by atoms with van der Waals surface area (Å²) in [5.41, 5.74) is 0.204. The van der Waals surface area contributed by atoms with Crippen molar-refractivity contribution in [3.8, 4) is 0 Å². The third kappa shape index (κ3) is 5.90. The number of amides is 1. The molecule has 1 saturated heterocycles. The quantitative estimate of drug-likeness (QED) is 0.774. The third-order valence-electron chi connectivity index (χ3n) is 4.33. The average Bonchev–Trinajstić information content (AvgIpc) is 2.55. The first-order valence-electron chi connectivity index (χ1n) is 7.93. The van der Waals surface area contributed by atoms with E-state index in [1.807, 2.05) is 6.92 Å². The van der Waals surface area contributed by atoms with E-state index in [2.05, 4.69) is 10.6 Å². The van der Waals surface area contributed by atoms with Crippen LogP contribution in [0.15, 0.2) is 29.2 Å². The van der Waals surface area contributed by atoms with Crippen LogP contribution in [-0.2, 0) is 14.6 Å². The Bertz CT molecular complexity index is 680. The van der Waals surface area contributed by atoms with Gasteiger partial charge in [-0.1, -0.05) is 13.0 Å². The van der Waals surface area contributed by atoms with Crippen molar-refractivity contribution in [3.05, 3.63) is 24.3 Å². The maximum atomic E-state index is 12.6. The molecule has 5 nitrogen and oxygen atoms in total. The van der Waals surface area contributed by atoms with Gasteiger partial charge in [-0.25, -0.2) is 8.42 Å². The minimum absolute atomic E-state index is 0. The Kier molecular flexibility index (Phi) is 8.24. The van der Waals surface area contributed by atoms with Crippen LogP contribution in [0, 0.1) is 11.8 Å². The molecule has 0 aromatic heterocycles. The van der Waals surface area contributed by atoms with Gasteiger partial charge in [0.1, 0.15) is 0 Å². The molecular formula is C16H23ClF2N2O3S. The highest BCUT2D eigenvalue weighted by Gasteiger charge is 2.27. The van der Waals surface area contributed by atoms with Gasteiger partial charge in [0.05, 0.1) is 4.90 Å². The van der Waals surface area contributed by atoms with Gasteiger partial charge in [-0.05, 0) is 56.0 Å². The summed E-state index contributed by atoms with van der Waals surface area (Å²) in [5.74, 6) is -3.12. The van der Waals surface area contributed by atoms with E-state index >= 15 is 0 Å². The first kappa shape index (κ1) is 21.8. The van der Waals surface area contributed by atoms with Crippen molar-refractivity contribution in [2.45, 2.75) is 36.8 Å². The molecule has 0 spiro atoms. The van der Waals surface area contributed by atoms with Gasteiger partial charge in [0.2, 0.25) is 15.7 Å². The van der Waals surface area contributed by atoms with Crippen LogP contribution >= 0.6 is 12.4 Å². The van der Waals surface area contributed by atoms with E-state index in [1.54, 1.807) is 0 Å². The highest BCUT2D eigenvalue weighted by Crippen LogP contribution is 2.24. The van der Waals surface area contributed by atoms with Gasteiger partial charge in [0.15, 0.2) is 0 Å². The van der Waals surface area contributed by atoms with Crippen molar-refractivity contribution in [1.82, 2.24) is 5.32 Å². The fourth-order valence-corrected chi connectivity index (χ4v) is 3.65. The summed E-state index contributed by atoms with van der Waals surface area (Å²) in [5, 5.41) is 5.90. The Morgan fingerprint density at radius 1 is 1.40 bits per heavy atom. The summed E-state index contributed by atoms with van der Waals surface area (Å²) < 4.78 is 48.1. The SMILES string of the molecule is CC(CC(=O)Nc1cccc(S(=O)(=O)C(F)F)c1)C1CCCNC1.Cl. The fraction of sp³-hybridized carbons (Fsp3) is 0.562. The maximum absolute atomic E-state index is 12.6. The number of halogens is 3. The van der Waals surface area contributed by atoms with E-state index in [9.17, 15) is 22.0 Å². The lowest BCUT2D eigenvalue weighted by Crippen LogP contribution is -2.34. The van der Waals surface area contributed by atoms with Crippen LogP contribution in [0.3, 0.4) is 0 Å². The second kappa shape index (κ2) is 9.45. The van der Waals surface area contributed by atoms with E-state index in [0.717, 1.165) is 38.1 Å². The molecule has 25 heavy (non-hydrogen) atoms. The molecule has 0 aliphatic carbocycles. The standard InChI is InChI=1S/C16H22F2N2O3S.ClH/c1-11(12-4-3-7-19-10-12)8-15(21)20-13-5-2-6-14(9-13)24(22,23)16(17)18;/h2,5-6,9,11-12,16,19H,3-4,7-8,10H2,1H3,(H,20,21);1H. The van der Waals surface area contributed by atoms with Crippen LogP contribution in [0.1, 0.15) is 26.2 Å². The number of anilines is 1. The fourth-order valence-electron chi connectivity index (χ4n) is 2.89. The number of hydrogen-bond acceptors (Lipinski definition) is 4. The molecule has 0 radical (unpaired) electrons. The normalized spacial score (nSPS) is 19.1. The zero-order valence-corrected chi connectivity index (χ0v) is 15.5. The number of carbonyl (C=O) groups is 1. The molecule has 9 heteroatoms. The largest absolute Gasteiger partial charge is 0.341 e. The van der Waals surface area contributed by atoms with Gasteiger partial charge < -0.3 is 10.6 Å². The van der Waals surface area contributed by atoms with Crippen molar-refractivity contribution in [1.29, 1.82) is 0 Å². The summed E-state index contributed by atoms with van der Waals surface area (Å²) in [6.07, 6.45) is 2.46. The van der Waals surface area contributed by atoms with E-state index in [0.29, 0.717) is 12.3 Å². The Balaban J connectivity index is 0.00000312. The summed E-state index contributed by atoms with van der Waals surface area (Å²) in [7, 11) is -4.67. The minimum Gasteiger partial charge on any atom is -0.326 e. The molecular weight excluding hydrogens is 374 g/mol. The smallest absolute Gasteiger partial charge is 0.326 e. The molecule has 1 aromatic rings. The third-order valence-corrected chi connectivity index (χ3v) is 5.71. The number of hydrogen-bond donors (Lipinski definition) is 2. The van der Waals surface area contributed by atoms with Crippen molar-refractivity contribution in [3.63, 3.8) is 0 Å². The summed E-state index contributed by atoms with van der Waals surface area (Å²) in [4.78, 5) is 11.6. The molecule has 2 unspecified atom stereocenters. The lowest BCUT2D eigenvalue weighted by molar-refractivity contribution is -0.117. The van der Waals surface area contributed by atoms with Gasteiger partial charge >= 0.3 is 5.76 Å². The molecule has 1 aromatic carbocycles. The predicted molar refractivity (Wildman–Crippen MR) is 94.9 cm³/mol. The zero-order chi connectivity index (χ0) is 17.7. The molecule has 1 aliphatic heterocycles. The molecule has 1 aliphatic rings. The van der Waals surface area contributed by atoms with E-state index in [1.165, 1.54) is 12.1 Å². The Morgan fingerprint density at radius 2 is 2.12 bits per heavy atom. The monoisotopic (exact) mass is 396 g/mol. The first-order chi connectivity index (χ1) is 11.3. The van der Waals surface area contributed by atoms with E-state index in [-0.39, 0.29) is 29.9 Å². The van der Waals surface area contributed by atoms with Crippen LogP contribution in [0.5, 0.6) is 0 Å². The Hall–Kier alpha value is -1.25. The second-order valence-corrected chi connectivity index (χ2v) is 8.09. The predicted octanol–water partition coefficient (Wildman–Crippen LogP) is 3.07. The van der Waals surface area contributed by atoms with Crippen LogP contribution in [-0.4, -0.2) is 33.2 Å². The zero-order valence-electron chi connectivity index (χ0n) is 13.9. The molecule has 0 bridgehead atoms. The summed E-state index contributed by atoms with van der Waals surface area (Å²) in [6, 6.07) is 4.97. The number of sulfone groups is 1. The second-order valence-electron chi connectivity index (χ2n) is 6.17. The number of piperidine rings is 1. The Morgan fingerprint density at radius 3 is 2.72 bits per heavy atom. The molecule has 142 valence electrons. The summed E-state index contributed by atoms with van der Waals surface area (Å²) >= 11 is 0. The lowest BCUT2D eigenvalue weighted by atomic mass is 9.85. The number of benzene rings is 1. The lowest BCUT2D eigenvalue weighted by Gasteiger charge is -2.28. The number of carbonyl (C=O) groups excluding carboxylic acids is 1. The van der Waals surface area contributed by atoms with Gasteiger partial charge in [-0.2, -0.15) is 8.78 Å². The van der Waals surface area contributed by atoms with Crippen LogP contribution in [0.2, 0.25) is 0 Å². The maximum Gasteiger partial charge on any atom is 0.341 e. The van der Waals surface area contributed by atoms with Gasteiger partial charge in [0.25, 0.3) is 0 Å². The molecule has 2 atom stereocenters. The van der Waals surface area contributed by atoms with Gasteiger partial charge in [0, 0.05) is 12.1 Å². The van der Waals surface area contributed by atoms with Crippen LogP contribution in [0.25, 0.3) is 0 Å². The van der Waals surface area contributed by atoms with Crippen molar-refractivity contribution in [2.24, 2.45) is 11.8 Å². The Labute approximate surface area is 152 Å². The summed E-state index contributed by atoms with van der Waals surface area (Å²) in [6.45, 7) is 3.90. The topological polar surface area (TPSA) is 75.3 Å². The molecule has 0 saturated carbocycles. The first-order valence-corrected chi connectivity index (χ1v) is 9.48. The average molecular weight is 397 g/mol. The number of nitrogens with one attached hydrogen (secondary N) is 2. The highest BCUT2D eigenvalue weighted by atomic mass is 35.5. The van der Waals surface area contributed by atoms with Crippen LogP contribution in [0.4, 0.5) is 14.5 Å². The highest BCUT2D eigenvalue weighted by molar-refractivity contribution is 7.91. The molecule has 2 rings (SSSR count). The minimum atomic E-state index is -4.67.